The van der Waals surface area contributed by atoms with Crippen LogP contribution in [0, 0.1) is 0 Å². The Labute approximate surface area is 113 Å². The lowest BCUT2D eigenvalue weighted by atomic mass is 10.0. The van der Waals surface area contributed by atoms with Crippen LogP contribution in [0.15, 0.2) is 0 Å². The predicted octanol–water partition coefficient (Wildman–Crippen LogP) is 0.891. The second kappa shape index (κ2) is 5.77. The molecule has 0 bridgehead atoms. The van der Waals surface area contributed by atoms with Crippen LogP contribution in [0.5, 0.6) is 0 Å². The van der Waals surface area contributed by atoms with Crippen molar-refractivity contribution in [2.24, 2.45) is 0 Å². The average Bonchev–Trinajstić information content (AvgIpc) is 2.80. The summed E-state index contributed by atoms with van der Waals surface area (Å²) < 4.78 is 0. The number of aliphatic hydroxyl groups excluding tert-OH is 1. The van der Waals surface area contributed by atoms with Crippen molar-refractivity contribution in [3.05, 3.63) is 0 Å². The largest absolute Gasteiger partial charge is 0.480 e. The SMILES string of the molecule is CCC1CCCCN1C(=O)N1C[C@H](O)C[C@@H]1C(=O)O. The predicted molar refractivity (Wildman–Crippen MR) is 68.8 cm³/mol. The second-order valence-corrected chi connectivity index (χ2v) is 5.43. The van der Waals surface area contributed by atoms with Gasteiger partial charge in [-0.15, -0.1) is 0 Å². The summed E-state index contributed by atoms with van der Waals surface area (Å²) in [5.74, 6) is -1.03. The highest BCUT2D eigenvalue weighted by atomic mass is 16.4. The van der Waals surface area contributed by atoms with Gasteiger partial charge in [-0.3, -0.25) is 0 Å². The first-order chi connectivity index (χ1) is 9.04. The van der Waals surface area contributed by atoms with Crippen LogP contribution in [0.1, 0.15) is 39.0 Å². The molecule has 2 heterocycles. The summed E-state index contributed by atoms with van der Waals surface area (Å²) in [5, 5.41) is 18.8. The van der Waals surface area contributed by atoms with Crippen molar-refractivity contribution in [2.75, 3.05) is 13.1 Å². The Morgan fingerprint density at radius 3 is 2.63 bits per heavy atom. The molecule has 6 nitrogen and oxygen atoms in total. The summed E-state index contributed by atoms with van der Waals surface area (Å²) >= 11 is 0. The smallest absolute Gasteiger partial charge is 0.326 e. The number of nitrogens with zero attached hydrogens (tertiary/aromatic N) is 2. The standard InChI is InChI=1S/C13H22N2O4/c1-2-9-5-3-4-6-14(9)13(19)15-8-10(16)7-11(15)12(17)18/h9-11,16H,2-8H2,1H3,(H,17,18)/t9?,10-,11-/m1/s1. The van der Waals surface area contributed by atoms with E-state index in [9.17, 15) is 14.7 Å². The van der Waals surface area contributed by atoms with Crippen LogP contribution in [0.2, 0.25) is 0 Å². The highest BCUT2D eigenvalue weighted by Crippen LogP contribution is 2.25. The van der Waals surface area contributed by atoms with Crippen molar-refractivity contribution in [1.82, 2.24) is 9.80 Å². The molecule has 0 saturated carbocycles. The number of carboxylic acids is 1. The molecule has 0 aliphatic carbocycles. The number of urea groups is 1. The van der Waals surface area contributed by atoms with Crippen molar-refractivity contribution in [3.8, 4) is 0 Å². The zero-order chi connectivity index (χ0) is 14.0. The number of β-amino-alcohol motifs (C(OH)–C–C–N with tert-alkyl or cyclic N) is 1. The van der Waals surface area contributed by atoms with E-state index in [2.05, 4.69) is 0 Å². The lowest BCUT2D eigenvalue weighted by Crippen LogP contribution is -2.53. The van der Waals surface area contributed by atoms with Gasteiger partial charge < -0.3 is 20.0 Å². The number of aliphatic hydroxyl groups is 1. The molecule has 2 N–H and O–H groups in total. The number of rotatable bonds is 2. The van der Waals surface area contributed by atoms with Crippen LogP contribution in [0.3, 0.4) is 0 Å². The van der Waals surface area contributed by atoms with Gasteiger partial charge in [0.25, 0.3) is 0 Å². The summed E-state index contributed by atoms with van der Waals surface area (Å²) in [7, 11) is 0. The third-order valence-electron chi connectivity index (χ3n) is 4.15. The van der Waals surface area contributed by atoms with E-state index in [0.29, 0.717) is 6.54 Å². The van der Waals surface area contributed by atoms with Crippen LogP contribution >= 0.6 is 0 Å². The second-order valence-electron chi connectivity index (χ2n) is 5.43. The van der Waals surface area contributed by atoms with Crippen molar-refractivity contribution >= 4 is 12.0 Å². The molecule has 0 spiro atoms. The minimum absolute atomic E-state index is 0.128. The molecule has 2 rings (SSSR count). The van der Waals surface area contributed by atoms with Gasteiger partial charge in [0, 0.05) is 25.6 Å². The Hall–Kier alpha value is -1.30. The van der Waals surface area contributed by atoms with Crippen LogP contribution in [-0.4, -0.2) is 63.3 Å². The Bertz CT molecular complexity index is 361. The Morgan fingerprint density at radius 2 is 2.00 bits per heavy atom. The Balaban J connectivity index is 2.11. The molecule has 6 heteroatoms. The first-order valence-electron chi connectivity index (χ1n) is 7.02. The molecule has 3 atom stereocenters. The number of amides is 2. The molecule has 2 saturated heterocycles. The minimum atomic E-state index is -1.03. The van der Waals surface area contributed by atoms with Gasteiger partial charge in [0.15, 0.2) is 0 Å². The topological polar surface area (TPSA) is 81.1 Å². The highest BCUT2D eigenvalue weighted by Gasteiger charge is 2.41. The average molecular weight is 270 g/mol. The molecule has 0 aromatic carbocycles. The van der Waals surface area contributed by atoms with Gasteiger partial charge in [0.1, 0.15) is 6.04 Å². The molecular formula is C13H22N2O4. The van der Waals surface area contributed by atoms with E-state index in [4.69, 9.17) is 5.11 Å². The fourth-order valence-corrected chi connectivity index (χ4v) is 3.10. The van der Waals surface area contributed by atoms with Crippen molar-refractivity contribution in [2.45, 2.75) is 57.2 Å². The van der Waals surface area contributed by atoms with E-state index >= 15 is 0 Å². The molecule has 2 amide bonds. The van der Waals surface area contributed by atoms with E-state index < -0.39 is 18.1 Å². The number of hydrogen-bond acceptors (Lipinski definition) is 3. The van der Waals surface area contributed by atoms with Crippen LogP contribution in [0.4, 0.5) is 4.79 Å². The van der Waals surface area contributed by atoms with Crippen molar-refractivity contribution in [3.63, 3.8) is 0 Å². The molecule has 2 aliphatic heterocycles. The molecule has 0 aromatic rings. The van der Waals surface area contributed by atoms with Crippen LogP contribution in [-0.2, 0) is 4.79 Å². The van der Waals surface area contributed by atoms with Gasteiger partial charge in [0.05, 0.1) is 6.10 Å². The van der Waals surface area contributed by atoms with Gasteiger partial charge in [-0.25, -0.2) is 9.59 Å². The number of hydrogen-bond donors (Lipinski definition) is 2. The van der Waals surface area contributed by atoms with Gasteiger partial charge in [-0.05, 0) is 25.7 Å². The van der Waals surface area contributed by atoms with Gasteiger partial charge in [-0.2, -0.15) is 0 Å². The minimum Gasteiger partial charge on any atom is -0.480 e. The number of carbonyl (C=O) groups excluding carboxylic acids is 1. The first kappa shape index (κ1) is 14.1. The zero-order valence-electron chi connectivity index (χ0n) is 11.3. The molecule has 2 aliphatic rings. The molecule has 0 aromatic heterocycles. The van der Waals surface area contributed by atoms with Crippen molar-refractivity contribution in [1.29, 1.82) is 0 Å². The maximum absolute atomic E-state index is 12.5. The van der Waals surface area contributed by atoms with E-state index in [1.807, 2.05) is 6.92 Å². The summed E-state index contributed by atoms with van der Waals surface area (Å²) in [6, 6.07) is -0.911. The lowest BCUT2D eigenvalue weighted by molar-refractivity contribution is -0.141. The molecule has 108 valence electrons. The van der Waals surface area contributed by atoms with E-state index in [0.717, 1.165) is 25.7 Å². The Morgan fingerprint density at radius 1 is 1.26 bits per heavy atom. The first-order valence-corrected chi connectivity index (χ1v) is 7.02. The van der Waals surface area contributed by atoms with E-state index in [1.54, 1.807) is 4.90 Å². The van der Waals surface area contributed by atoms with Gasteiger partial charge in [-0.1, -0.05) is 6.92 Å². The number of piperidine rings is 1. The highest BCUT2D eigenvalue weighted by molar-refractivity contribution is 5.83. The molecular weight excluding hydrogens is 248 g/mol. The summed E-state index contributed by atoms with van der Waals surface area (Å²) in [4.78, 5) is 26.8. The van der Waals surface area contributed by atoms with Crippen molar-refractivity contribution < 1.29 is 19.8 Å². The maximum Gasteiger partial charge on any atom is 0.326 e. The zero-order valence-corrected chi connectivity index (χ0v) is 11.3. The quantitative estimate of drug-likeness (QED) is 0.781. The molecule has 2 fully saturated rings. The fraction of sp³-hybridized carbons (Fsp3) is 0.846. The Kier molecular flexibility index (Phi) is 4.29. The van der Waals surface area contributed by atoms with Gasteiger partial charge >= 0.3 is 12.0 Å². The molecule has 1 unspecified atom stereocenters. The third kappa shape index (κ3) is 2.83. The summed E-state index contributed by atoms with van der Waals surface area (Å²) in [6.45, 7) is 2.86. The summed E-state index contributed by atoms with van der Waals surface area (Å²) in [6.07, 6.45) is 3.36. The van der Waals surface area contributed by atoms with Crippen LogP contribution in [0.25, 0.3) is 0 Å². The van der Waals surface area contributed by atoms with E-state index in [1.165, 1.54) is 4.90 Å². The van der Waals surface area contributed by atoms with Gasteiger partial charge in [0.2, 0.25) is 0 Å². The number of likely N-dealkylation sites (tertiary alicyclic amines) is 2. The maximum atomic E-state index is 12.5. The third-order valence-corrected chi connectivity index (χ3v) is 4.15. The van der Waals surface area contributed by atoms with E-state index in [-0.39, 0.29) is 25.0 Å². The monoisotopic (exact) mass is 270 g/mol. The fourth-order valence-electron chi connectivity index (χ4n) is 3.10. The normalized spacial score (nSPS) is 31.6. The number of carboxylic acid groups (broad SMARTS) is 1. The summed E-state index contributed by atoms with van der Waals surface area (Å²) in [5.41, 5.74) is 0. The number of aliphatic carboxylic acids is 1. The number of carbonyl (C=O) groups is 2. The van der Waals surface area contributed by atoms with Crippen LogP contribution < -0.4 is 0 Å². The molecule has 19 heavy (non-hydrogen) atoms. The molecule has 0 radical (unpaired) electrons. The lowest BCUT2D eigenvalue weighted by Gasteiger charge is -2.38.